The number of hydrogen-bond acceptors (Lipinski definition) is 4. The first kappa shape index (κ1) is 25.6. The number of rotatable bonds is 7. The van der Waals surface area contributed by atoms with Crippen LogP contribution in [0, 0.1) is 5.92 Å². The van der Waals surface area contributed by atoms with E-state index in [9.17, 15) is 5.11 Å². The molecule has 2 N–H and O–H groups in total. The van der Waals surface area contributed by atoms with Gasteiger partial charge in [-0.25, -0.2) is 0 Å². The van der Waals surface area contributed by atoms with Crippen molar-refractivity contribution in [1.82, 2.24) is 15.1 Å². The second-order valence-corrected chi connectivity index (χ2v) is 8.85. The minimum atomic E-state index is 0. The zero-order valence-corrected chi connectivity index (χ0v) is 22.0. The number of halogens is 1. The van der Waals surface area contributed by atoms with E-state index in [2.05, 4.69) is 57.3 Å². The van der Waals surface area contributed by atoms with Crippen molar-refractivity contribution in [3.63, 3.8) is 0 Å². The SMILES string of the molecule is CCNC(=NCC1CCN(CCc2ccccc2)C1)N1CCN(c2ccccc2O)CC1.I. The van der Waals surface area contributed by atoms with Gasteiger partial charge in [-0.2, -0.15) is 0 Å². The number of likely N-dealkylation sites (tertiary alicyclic amines) is 1. The Morgan fingerprint density at radius 1 is 1.00 bits per heavy atom. The number of anilines is 1. The molecule has 7 heteroatoms. The number of phenolic OH excluding ortho intramolecular Hbond substituents is 1. The van der Waals surface area contributed by atoms with E-state index in [0.29, 0.717) is 11.7 Å². The van der Waals surface area contributed by atoms with Gasteiger partial charge in [-0.15, -0.1) is 24.0 Å². The number of guanidine groups is 1. The molecule has 180 valence electrons. The molecule has 1 unspecified atom stereocenters. The first-order valence-electron chi connectivity index (χ1n) is 12.1. The maximum Gasteiger partial charge on any atom is 0.194 e. The number of hydrogen-bond donors (Lipinski definition) is 2. The van der Waals surface area contributed by atoms with Gasteiger partial charge in [0, 0.05) is 52.4 Å². The van der Waals surface area contributed by atoms with Gasteiger partial charge in [-0.3, -0.25) is 4.99 Å². The molecule has 2 fully saturated rings. The molecule has 2 heterocycles. The van der Waals surface area contributed by atoms with Crippen LogP contribution < -0.4 is 10.2 Å². The van der Waals surface area contributed by atoms with Gasteiger partial charge in [0.2, 0.25) is 0 Å². The third-order valence-corrected chi connectivity index (χ3v) is 6.57. The van der Waals surface area contributed by atoms with Gasteiger partial charge in [0.1, 0.15) is 5.75 Å². The predicted octanol–water partition coefficient (Wildman–Crippen LogP) is 3.66. The van der Waals surface area contributed by atoms with Crippen LogP contribution in [0.2, 0.25) is 0 Å². The van der Waals surface area contributed by atoms with Gasteiger partial charge in [0.15, 0.2) is 5.96 Å². The van der Waals surface area contributed by atoms with Crippen molar-refractivity contribution in [3.05, 3.63) is 60.2 Å². The summed E-state index contributed by atoms with van der Waals surface area (Å²) in [7, 11) is 0. The summed E-state index contributed by atoms with van der Waals surface area (Å²) in [5, 5.41) is 13.7. The summed E-state index contributed by atoms with van der Waals surface area (Å²) in [4.78, 5) is 12.2. The quantitative estimate of drug-likeness (QED) is 0.306. The Balaban J connectivity index is 0.00000306. The minimum absolute atomic E-state index is 0. The number of nitrogens with zero attached hydrogens (tertiary/aromatic N) is 4. The Labute approximate surface area is 215 Å². The van der Waals surface area contributed by atoms with Crippen LogP contribution in [0.25, 0.3) is 0 Å². The Hall–Kier alpha value is -2.00. The van der Waals surface area contributed by atoms with Crippen molar-refractivity contribution in [3.8, 4) is 5.75 Å². The summed E-state index contributed by atoms with van der Waals surface area (Å²) in [5.41, 5.74) is 2.35. The van der Waals surface area contributed by atoms with Crippen molar-refractivity contribution >= 4 is 35.6 Å². The Morgan fingerprint density at radius 3 is 2.45 bits per heavy atom. The van der Waals surface area contributed by atoms with E-state index in [-0.39, 0.29) is 24.0 Å². The molecular weight excluding hydrogens is 525 g/mol. The molecule has 2 aliphatic rings. The molecular formula is C26H38IN5O. The van der Waals surface area contributed by atoms with E-state index in [1.807, 2.05) is 18.2 Å². The Kier molecular flexibility index (Phi) is 10.1. The highest BCUT2D eigenvalue weighted by molar-refractivity contribution is 14.0. The van der Waals surface area contributed by atoms with Crippen molar-refractivity contribution in [2.24, 2.45) is 10.9 Å². The van der Waals surface area contributed by atoms with E-state index < -0.39 is 0 Å². The van der Waals surface area contributed by atoms with Crippen LogP contribution in [0.5, 0.6) is 5.75 Å². The smallest absolute Gasteiger partial charge is 0.194 e. The number of aliphatic imine (C=N–C) groups is 1. The van der Waals surface area contributed by atoms with Crippen molar-refractivity contribution in [2.45, 2.75) is 19.8 Å². The number of piperazine rings is 1. The van der Waals surface area contributed by atoms with Gasteiger partial charge >= 0.3 is 0 Å². The number of para-hydroxylation sites is 2. The highest BCUT2D eigenvalue weighted by Gasteiger charge is 2.24. The predicted molar refractivity (Wildman–Crippen MR) is 148 cm³/mol. The summed E-state index contributed by atoms with van der Waals surface area (Å²) in [6.45, 7) is 11.0. The maximum atomic E-state index is 10.2. The summed E-state index contributed by atoms with van der Waals surface area (Å²) in [6, 6.07) is 18.4. The number of nitrogens with one attached hydrogen (secondary N) is 1. The molecule has 1 atom stereocenters. The van der Waals surface area contributed by atoms with Gasteiger partial charge in [-0.05, 0) is 49.9 Å². The minimum Gasteiger partial charge on any atom is -0.506 e. The fourth-order valence-electron chi connectivity index (χ4n) is 4.73. The third-order valence-electron chi connectivity index (χ3n) is 6.57. The topological polar surface area (TPSA) is 54.3 Å². The average molecular weight is 564 g/mol. The number of benzene rings is 2. The molecule has 2 aromatic rings. The van der Waals surface area contributed by atoms with E-state index in [0.717, 1.165) is 70.4 Å². The second-order valence-electron chi connectivity index (χ2n) is 8.85. The van der Waals surface area contributed by atoms with Gasteiger partial charge < -0.3 is 25.1 Å². The molecule has 2 saturated heterocycles. The van der Waals surface area contributed by atoms with E-state index >= 15 is 0 Å². The lowest BCUT2D eigenvalue weighted by atomic mass is 10.1. The molecule has 0 aromatic heterocycles. The molecule has 4 rings (SSSR count). The monoisotopic (exact) mass is 563 g/mol. The summed E-state index contributed by atoms with van der Waals surface area (Å²) < 4.78 is 0. The molecule has 0 saturated carbocycles. The second kappa shape index (κ2) is 13.0. The standard InChI is InChI=1S/C26H37N5O.HI/c1-2-27-26(31-18-16-30(17-19-31)24-10-6-7-11-25(24)32)28-20-23-13-15-29(21-23)14-12-22-8-4-3-5-9-22;/h3-11,23,32H,2,12-21H2,1H3,(H,27,28);1H. The van der Waals surface area contributed by atoms with Crippen LogP contribution in [-0.4, -0.2) is 79.8 Å². The lowest BCUT2D eigenvalue weighted by Crippen LogP contribution is -2.52. The normalized spacial score (nSPS) is 19.4. The molecule has 0 bridgehead atoms. The molecule has 6 nitrogen and oxygen atoms in total. The zero-order chi connectivity index (χ0) is 22.2. The zero-order valence-electron chi connectivity index (χ0n) is 19.7. The summed E-state index contributed by atoms with van der Waals surface area (Å²) in [6.07, 6.45) is 2.36. The van der Waals surface area contributed by atoms with Gasteiger partial charge in [-0.1, -0.05) is 42.5 Å². The maximum absolute atomic E-state index is 10.2. The average Bonchev–Trinajstić information content (AvgIpc) is 3.29. The van der Waals surface area contributed by atoms with Crippen LogP contribution in [0.4, 0.5) is 5.69 Å². The molecule has 2 aromatic carbocycles. The largest absolute Gasteiger partial charge is 0.506 e. The molecule has 0 aliphatic carbocycles. The highest BCUT2D eigenvalue weighted by Crippen LogP contribution is 2.27. The van der Waals surface area contributed by atoms with Crippen LogP contribution in [0.1, 0.15) is 18.9 Å². The summed E-state index contributed by atoms with van der Waals surface area (Å²) >= 11 is 0. The molecule has 0 radical (unpaired) electrons. The lowest BCUT2D eigenvalue weighted by molar-refractivity contribution is 0.329. The third kappa shape index (κ3) is 7.24. The fraction of sp³-hybridized carbons (Fsp3) is 0.500. The van der Waals surface area contributed by atoms with Gasteiger partial charge in [0.25, 0.3) is 0 Å². The van der Waals surface area contributed by atoms with Crippen LogP contribution in [-0.2, 0) is 6.42 Å². The Bertz CT molecular complexity index is 870. The van der Waals surface area contributed by atoms with E-state index in [4.69, 9.17) is 4.99 Å². The number of aromatic hydroxyl groups is 1. The van der Waals surface area contributed by atoms with Crippen LogP contribution >= 0.6 is 24.0 Å². The van der Waals surface area contributed by atoms with E-state index in [1.54, 1.807) is 6.07 Å². The number of phenols is 1. The van der Waals surface area contributed by atoms with Crippen molar-refractivity contribution in [2.75, 3.05) is 63.8 Å². The summed E-state index contributed by atoms with van der Waals surface area (Å²) in [5.74, 6) is 2.04. The first-order chi connectivity index (χ1) is 15.7. The molecule has 33 heavy (non-hydrogen) atoms. The molecule has 0 amide bonds. The molecule has 2 aliphatic heterocycles. The molecule has 0 spiro atoms. The van der Waals surface area contributed by atoms with E-state index in [1.165, 1.54) is 18.5 Å². The van der Waals surface area contributed by atoms with Crippen LogP contribution in [0.15, 0.2) is 59.6 Å². The van der Waals surface area contributed by atoms with Gasteiger partial charge in [0.05, 0.1) is 5.69 Å². The Morgan fingerprint density at radius 2 is 1.73 bits per heavy atom. The highest BCUT2D eigenvalue weighted by atomic mass is 127. The lowest BCUT2D eigenvalue weighted by Gasteiger charge is -2.38. The fourth-order valence-corrected chi connectivity index (χ4v) is 4.73. The van der Waals surface area contributed by atoms with Crippen LogP contribution in [0.3, 0.4) is 0 Å². The van der Waals surface area contributed by atoms with Crippen molar-refractivity contribution in [1.29, 1.82) is 0 Å². The first-order valence-corrected chi connectivity index (χ1v) is 12.1. The van der Waals surface area contributed by atoms with Crippen molar-refractivity contribution < 1.29 is 5.11 Å².